The molecule has 0 fully saturated rings. The van der Waals surface area contributed by atoms with Gasteiger partial charge in [0.2, 0.25) is 23.6 Å². The number of benzene rings is 1. The lowest BCUT2D eigenvalue weighted by molar-refractivity contribution is -0.143. The second-order valence-electron chi connectivity index (χ2n) is 6.80. The summed E-state index contributed by atoms with van der Waals surface area (Å²) in [6.45, 7) is -0.733. The highest BCUT2D eigenvalue weighted by atomic mass is 16.4. The third-order valence-corrected chi connectivity index (χ3v) is 4.11. The molecule has 3 unspecified atom stereocenters. The van der Waals surface area contributed by atoms with E-state index in [4.69, 9.17) is 21.7 Å². The van der Waals surface area contributed by atoms with Gasteiger partial charge in [-0.05, 0) is 12.0 Å². The van der Waals surface area contributed by atoms with Gasteiger partial charge < -0.3 is 37.6 Å². The van der Waals surface area contributed by atoms with Gasteiger partial charge in [-0.1, -0.05) is 30.3 Å². The van der Waals surface area contributed by atoms with Crippen molar-refractivity contribution < 1.29 is 39.0 Å². The standard InChI is InChI=1S/C19H25N5O8/c20-11(6-10-4-2-1-3-5-10)17(29)24-12(8-16(27)28)18(30)22-9-15(26)23-13(19(31)32)7-14(21)25/h1-5,11-13H,6-9,20H2,(H2,21,25)(H,22,30)(H,23,26)(H,24,29)(H,27,28)(H,31,32). The molecule has 0 heterocycles. The summed E-state index contributed by atoms with van der Waals surface area (Å²) in [5.74, 6) is -6.59. The van der Waals surface area contributed by atoms with E-state index in [-0.39, 0.29) is 6.42 Å². The summed E-state index contributed by atoms with van der Waals surface area (Å²) in [4.78, 5) is 69.4. The third kappa shape index (κ3) is 9.67. The Hall–Kier alpha value is -4.00. The first-order valence-corrected chi connectivity index (χ1v) is 9.39. The number of amides is 4. The molecule has 32 heavy (non-hydrogen) atoms. The van der Waals surface area contributed by atoms with E-state index in [1.54, 1.807) is 30.3 Å². The average Bonchev–Trinajstić information content (AvgIpc) is 2.70. The van der Waals surface area contributed by atoms with Crippen molar-refractivity contribution in [3.05, 3.63) is 35.9 Å². The van der Waals surface area contributed by atoms with Crippen LogP contribution in [0.3, 0.4) is 0 Å². The summed E-state index contributed by atoms with van der Waals surface area (Å²) in [6, 6.07) is 4.60. The first-order valence-electron chi connectivity index (χ1n) is 9.39. The molecular weight excluding hydrogens is 426 g/mol. The SMILES string of the molecule is NC(=O)CC(NC(=O)CNC(=O)C(CC(=O)O)NC(=O)C(N)Cc1ccccc1)C(=O)O. The summed E-state index contributed by atoms with van der Waals surface area (Å²) in [6.07, 6.45) is -1.30. The van der Waals surface area contributed by atoms with Gasteiger partial charge in [-0.2, -0.15) is 0 Å². The normalized spacial score (nSPS) is 13.2. The number of hydrogen-bond donors (Lipinski definition) is 7. The summed E-state index contributed by atoms with van der Waals surface area (Å²) in [5, 5.41) is 24.3. The van der Waals surface area contributed by atoms with E-state index in [9.17, 15) is 28.8 Å². The van der Waals surface area contributed by atoms with Gasteiger partial charge in [0.15, 0.2) is 0 Å². The van der Waals surface area contributed by atoms with Crippen molar-refractivity contribution in [3.8, 4) is 0 Å². The third-order valence-electron chi connectivity index (χ3n) is 4.11. The summed E-state index contributed by atoms with van der Waals surface area (Å²) < 4.78 is 0. The maximum Gasteiger partial charge on any atom is 0.326 e. The number of carboxylic acids is 2. The fourth-order valence-electron chi connectivity index (χ4n) is 2.56. The minimum Gasteiger partial charge on any atom is -0.481 e. The number of nitrogens with two attached hydrogens (primary N) is 2. The van der Waals surface area contributed by atoms with Crippen LogP contribution in [-0.2, 0) is 35.2 Å². The van der Waals surface area contributed by atoms with Crippen LogP contribution in [0.4, 0.5) is 0 Å². The van der Waals surface area contributed by atoms with Crippen molar-refractivity contribution in [3.63, 3.8) is 0 Å². The molecule has 0 saturated heterocycles. The number of nitrogens with one attached hydrogen (secondary N) is 3. The van der Waals surface area contributed by atoms with Crippen molar-refractivity contribution in [2.45, 2.75) is 37.4 Å². The molecule has 3 atom stereocenters. The van der Waals surface area contributed by atoms with E-state index < -0.39 is 73.1 Å². The molecule has 174 valence electrons. The lowest BCUT2D eigenvalue weighted by Gasteiger charge is -2.20. The van der Waals surface area contributed by atoms with Crippen LogP contribution in [0.2, 0.25) is 0 Å². The lowest BCUT2D eigenvalue weighted by atomic mass is 10.1. The molecule has 1 aromatic carbocycles. The minimum atomic E-state index is -1.59. The first kappa shape index (κ1) is 26.0. The Morgan fingerprint density at radius 2 is 1.50 bits per heavy atom. The molecule has 13 nitrogen and oxygen atoms in total. The van der Waals surface area contributed by atoms with Crippen LogP contribution >= 0.6 is 0 Å². The highest BCUT2D eigenvalue weighted by Crippen LogP contribution is 2.03. The van der Waals surface area contributed by atoms with Crippen LogP contribution in [0, 0.1) is 0 Å². The van der Waals surface area contributed by atoms with Gasteiger partial charge in [-0.15, -0.1) is 0 Å². The maximum absolute atomic E-state index is 12.3. The Morgan fingerprint density at radius 3 is 2.03 bits per heavy atom. The van der Waals surface area contributed by atoms with Crippen molar-refractivity contribution in [1.29, 1.82) is 0 Å². The van der Waals surface area contributed by atoms with Gasteiger partial charge in [0.05, 0.1) is 25.4 Å². The second kappa shape index (κ2) is 12.6. The highest BCUT2D eigenvalue weighted by Gasteiger charge is 2.27. The van der Waals surface area contributed by atoms with Crippen LogP contribution in [0.5, 0.6) is 0 Å². The van der Waals surface area contributed by atoms with Gasteiger partial charge >= 0.3 is 11.9 Å². The van der Waals surface area contributed by atoms with E-state index in [0.717, 1.165) is 5.56 Å². The second-order valence-corrected chi connectivity index (χ2v) is 6.80. The van der Waals surface area contributed by atoms with Crippen LogP contribution in [0.15, 0.2) is 30.3 Å². The smallest absolute Gasteiger partial charge is 0.326 e. The largest absolute Gasteiger partial charge is 0.481 e. The molecule has 1 aromatic rings. The molecule has 0 aliphatic carbocycles. The first-order chi connectivity index (χ1) is 15.0. The van der Waals surface area contributed by atoms with E-state index in [1.165, 1.54) is 0 Å². The number of aliphatic carboxylic acids is 2. The maximum atomic E-state index is 12.3. The predicted octanol–water partition coefficient (Wildman–Crippen LogP) is -2.92. The lowest BCUT2D eigenvalue weighted by Crippen LogP contribution is -2.54. The van der Waals surface area contributed by atoms with Crippen molar-refractivity contribution in [2.24, 2.45) is 11.5 Å². The van der Waals surface area contributed by atoms with Gasteiger partial charge in [-0.25, -0.2) is 4.79 Å². The molecule has 9 N–H and O–H groups in total. The van der Waals surface area contributed by atoms with Crippen LogP contribution in [-0.4, -0.2) is 70.5 Å². The molecule has 0 bridgehead atoms. The zero-order chi connectivity index (χ0) is 24.3. The number of carbonyl (C=O) groups is 6. The molecule has 0 aliphatic rings. The molecule has 0 aliphatic heterocycles. The quantitative estimate of drug-likeness (QED) is 0.162. The fourth-order valence-corrected chi connectivity index (χ4v) is 2.56. The molecule has 13 heteroatoms. The Kier molecular flexibility index (Phi) is 10.3. The Labute approximate surface area is 182 Å². The van der Waals surface area contributed by atoms with E-state index in [2.05, 4.69) is 10.6 Å². The van der Waals surface area contributed by atoms with Gasteiger partial charge in [-0.3, -0.25) is 24.0 Å². The molecule has 1 rings (SSSR count). The zero-order valence-corrected chi connectivity index (χ0v) is 16.9. The molecular formula is C19H25N5O8. The Morgan fingerprint density at radius 1 is 0.875 bits per heavy atom. The van der Waals surface area contributed by atoms with E-state index >= 15 is 0 Å². The highest BCUT2D eigenvalue weighted by molar-refractivity contribution is 5.95. The van der Waals surface area contributed by atoms with Crippen molar-refractivity contribution >= 4 is 35.6 Å². The van der Waals surface area contributed by atoms with E-state index in [1.807, 2.05) is 5.32 Å². The Balaban J connectivity index is 2.67. The summed E-state index contributed by atoms with van der Waals surface area (Å²) in [7, 11) is 0. The molecule has 0 saturated carbocycles. The summed E-state index contributed by atoms with van der Waals surface area (Å²) in [5.41, 5.74) is 11.5. The minimum absolute atomic E-state index is 0.146. The van der Waals surface area contributed by atoms with Gasteiger partial charge in [0, 0.05) is 0 Å². The van der Waals surface area contributed by atoms with Crippen molar-refractivity contribution in [1.82, 2.24) is 16.0 Å². The Bertz CT molecular complexity index is 861. The summed E-state index contributed by atoms with van der Waals surface area (Å²) >= 11 is 0. The molecule has 0 radical (unpaired) electrons. The number of rotatable bonds is 13. The van der Waals surface area contributed by atoms with E-state index in [0.29, 0.717) is 0 Å². The number of carbonyl (C=O) groups excluding carboxylic acids is 4. The topological polar surface area (TPSA) is 231 Å². The van der Waals surface area contributed by atoms with Crippen LogP contribution in [0.25, 0.3) is 0 Å². The zero-order valence-electron chi connectivity index (χ0n) is 16.9. The van der Waals surface area contributed by atoms with Gasteiger partial charge in [0.1, 0.15) is 12.1 Å². The molecule has 0 aromatic heterocycles. The van der Waals surface area contributed by atoms with Crippen LogP contribution < -0.4 is 27.4 Å². The van der Waals surface area contributed by atoms with Crippen LogP contribution in [0.1, 0.15) is 18.4 Å². The molecule has 0 spiro atoms. The van der Waals surface area contributed by atoms with Gasteiger partial charge in [0.25, 0.3) is 0 Å². The number of hydrogen-bond acceptors (Lipinski definition) is 7. The number of primary amides is 1. The number of carboxylic acid groups (broad SMARTS) is 2. The predicted molar refractivity (Wildman–Crippen MR) is 109 cm³/mol. The molecule has 4 amide bonds. The average molecular weight is 451 g/mol. The monoisotopic (exact) mass is 451 g/mol. The fraction of sp³-hybridized carbons (Fsp3) is 0.368. The van der Waals surface area contributed by atoms with Crippen molar-refractivity contribution in [2.75, 3.05) is 6.54 Å².